The van der Waals surface area contributed by atoms with Gasteiger partial charge < -0.3 is 14.7 Å². The molecule has 1 rings (SSSR count). The van der Waals surface area contributed by atoms with E-state index in [1.54, 1.807) is 11.8 Å². The molecule has 18 heavy (non-hydrogen) atoms. The lowest BCUT2D eigenvalue weighted by molar-refractivity contribution is -0.140. The van der Waals surface area contributed by atoms with Crippen molar-refractivity contribution in [2.75, 3.05) is 25.1 Å². The van der Waals surface area contributed by atoms with E-state index in [-0.39, 0.29) is 0 Å². The molecule has 1 atom stereocenters. The summed E-state index contributed by atoms with van der Waals surface area (Å²) in [5.41, 5.74) is 0.819. The first-order valence-corrected chi connectivity index (χ1v) is 5.85. The molecule has 1 aromatic heterocycles. The zero-order valence-electron chi connectivity index (χ0n) is 11.2. The Morgan fingerprint density at radius 3 is 2.78 bits per heavy atom. The molecule has 1 N–H and O–H groups in total. The maximum absolute atomic E-state index is 10.8. The maximum atomic E-state index is 10.8. The summed E-state index contributed by atoms with van der Waals surface area (Å²) in [7, 11) is 1.81. The summed E-state index contributed by atoms with van der Waals surface area (Å²) in [6.07, 6.45) is 1.43. The predicted octanol–water partition coefficient (Wildman–Crippen LogP) is 1.34. The van der Waals surface area contributed by atoms with Crippen LogP contribution in [-0.2, 0) is 4.79 Å². The van der Waals surface area contributed by atoms with Crippen molar-refractivity contribution in [3.8, 4) is 5.88 Å². The number of carboxylic acid groups (broad SMARTS) is 1. The van der Waals surface area contributed by atoms with E-state index in [0.29, 0.717) is 24.8 Å². The zero-order chi connectivity index (χ0) is 13.7. The predicted molar refractivity (Wildman–Crippen MR) is 68.0 cm³/mol. The molecule has 0 aromatic carbocycles. The third-order valence-electron chi connectivity index (χ3n) is 2.62. The highest BCUT2D eigenvalue weighted by molar-refractivity contribution is 5.70. The average molecular weight is 253 g/mol. The van der Waals surface area contributed by atoms with Gasteiger partial charge in [0.1, 0.15) is 12.1 Å². The van der Waals surface area contributed by atoms with E-state index in [1.165, 1.54) is 6.33 Å². The van der Waals surface area contributed by atoms with Gasteiger partial charge in [-0.3, -0.25) is 4.79 Å². The summed E-state index contributed by atoms with van der Waals surface area (Å²) in [6, 6.07) is 0. The van der Waals surface area contributed by atoms with Crippen molar-refractivity contribution in [3.05, 3.63) is 11.9 Å². The average Bonchev–Trinajstić information content (AvgIpc) is 2.31. The standard InChI is InChI=1S/C12H19N3O3/c1-5-18-11-9(3)10(13-7-14-11)15(4)6-8(2)12(16)17/h7-8H,5-6H2,1-4H3,(H,16,17). The van der Waals surface area contributed by atoms with Crippen molar-refractivity contribution in [1.82, 2.24) is 9.97 Å². The lowest BCUT2D eigenvalue weighted by Crippen LogP contribution is -2.29. The van der Waals surface area contributed by atoms with Crippen molar-refractivity contribution >= 4 is 11.8 Å². The van der Waals surface area contributed by atoms with Gasteiger partial charge in [0, 0.05) is 13.6 Å². The van der Waals surface area contributed by atoms with Crippen molar-refractivity contribution in [2.24, 2.45) is 5.92 Å². The minimum atomic E-state index is -0.821. The number of carbonyl (C=O) groups is 1. The molecule has 0 bridgehead atoms. The molecule has 0 saturated carbocycles. The van der Waals surface area contributed by atoms with Gasteiger partial charge in [0.2, 0.25) is 5.88 Å². The lowest BCUT2D eigenvalue weighted by Gasteiger charge is -2.22. The second kappa shape index (κ2) is 6.18. The Morgan fingerprint density at radius 2 is 2.22 bits per heavy atom. The van der Waals surface area contributed by atoms with E-state index in [1.807, 2.05) is 20.9 Å². The first-order valence-electron chi connectivity index (χ1n) is 5.85. The quantitative estimate of drug-likeness (QED) is 0.824. The van der Waals surface area contributed by atoms with Crippen LogP contribution in [0.1, 0.15) is 19.4 Å². The molecule has 6 nitrogen and oxygen atoms in total. The van der Waals surface area contributed by atoms with Gasteiger partial charge in [-0.1, -0.05) is 6.92 Å². The zero-order valence-corrected chi connectivity index (χ0v) is 11.2. The minimum Gasteiger partial charge on any atom is -0.481 e. The van der Waals surface area contributed by atoms with Crippen molar-refractivity contribution in [3.63, 3.8) is 0 Å². The van der Waals surface area contributed by atoms with Crippen LogP contribution in [0.2, 0.25) is 0 Å². The molecule has 0 aliphatic rings. The van der Waals surface area contributed by atoms with E-state index in [2.05, 4.69) is 9.97 Å². The van der Waals surface area contributed by atoms with Gasteiger partial charge in [0.15, 0.2) is 0 Å². The normalized spacial score (nSPS) is 12.0. The smallest absolute Gasteiger partial charge is 0.308 e. The van der Waals surface area contributed by atoms with E-state index < -0.39 is 11.9 Å². The number of aromatic nitrogens is 2. The molecule has 0 spiro atoms. The second-order valence-electron chi connectivity index (χ2n) is 4.18. The van der Waals surface area contributed by atoms with Crippen LogP contribution < -0.4 is 9.64 Å². The second-order valence-corrected chi connectivity index (χ2v) is 4.18. The number of anilines is 1. The minimum absolute atomic E-state index is 0.388. The fourth-order valence-electron chi connectivity index (χ4n) is 1.67. The Bertz CT molecular complexity index is 423. The highest BCUT2D eigenvalue weighted by atomic mass is 16.5. The highest BCUT2D eigenvalue weighted by Gasteiger charge is 2.17. The Labute approximate surface area is 107 Å². The van der Waals surface area contributed by atoms with E-state index in [9.17, 15) is 4.79 Å². The van der Waals surface area contributed by atoms with E-state index >= 15 is 0 Å². The first kappa shape index (κ1) is 14.2. The van der Waals surface area contributed by atoms with Crippen LogP contribution in [0.4, 0.5) is 5.82 Å². The summed E-state index contributed by atoms with van der Waals surface area (Å²) in [6.45, 7) is 6.34. The van der Waals surface area contributed by atoms with Crippen LogP contribution in [0.5, 0.6) is 5.88 Å². The van der Waals surface area contributed by atoms with Gasteiger partial charge in [0.25, 0.3) is 0 Å². The van der Waals surface area contributed by atoms with Crippen LogP contribution in [0.3, 0.4) is 0 Å². The van der Waals surface area contributed by atoms with Crippen molar-refractivity contribution in [2.45, 2.75) is 20.8 Å². The van der Waals surface area contributed by atoms with Crippen molar-refractivity contribution in [1.29, 1.82) is 0 Å². The SMILES string of the molecule is CCOc1ncnc(N(C)CC(C)C(=O)O)c1C. The number of ether oxygens (including phenoxy) is 1. The molecule has 0 saturated heterocycles. The number of hydrogen-bond donors (Lipinski definition) is 1. The van der Waals surface area contributed by atoms with E-state index in [4.69, 9.17) is 9.84 Å². The highest BCUT2D eigenvalue weighted by Crippen LogP contribution is 2.23. The summed E-state index contributed by atoms with van der Waals surface area (Å²) >= 11 is 0. The molecule has 0 aliphatic heterocycles. The topological polar surface area (TPSA) is 75.6 Å². The molecule has 1 heterocycles. The Kier molecular flexibility index (Phi) is 4.88. The molecule has 0 fully saturated rings. The molecule has 100 valence electrons. The Balaban J connectivity index is 2.88. The Hall–Kier alpha value is -1.85. The summed E-state index contributed by atoms with van der Waals surface area (Å²) in [5.74, 6) is -0.0441. The molecule has 1 aromatic rings. The van der Waals surface area contributed by atoms with Gasteiger partial charge in [-0.2, -0.15) is 0 Å². The summed E-state index contributed by atoms with van der Waals surface area (Å²) in [4.78, 5) is 20.9. The Morgan fingerprint density at radius 1 is 1.56 bits per heavy atom. The number of nitrogens with zero attached hydrogens (tertiary/aromatic N) is 3. The molecule has 1 unspecified atom stereocenters. The molecule has 0 amide bonds. The molecular weight excluding hydrogens is 234 g/mol. The van der Waals surface area contributed by atoms with Gasteiger partial charge in [-0.05, 0) is 13.8 Å². The third kappa shape index (κ3) is 3.32. The molecule has 6 heteroatoms. The van der Waals surface area contributed by atoms with Crippen LogP contribution >= 0.6 is 0 Å². The largest absolute Gasteiger partial charge is 0.481 e. The monoisotopic (exact) mass is 253 g/mol. The first-order chi connectivity index (χ1) is 8.47. The van der Waals surface area contributed by atoms with Gasteiger partial charge in [-0.15, -0.1) is 0 Å². The number of rotatable bonds is 6. The van der Waals surface area contributed by atoms with Crippen LogP contribution in [-0.4, -0.2) is 41.2 Å². The molecule has 0 aliphatic carbocycles. The molecule has 0 radical (unpaired) electrons. The van der Waals surface area contributed by atoms with Crippen LogP contribution in [0, 0.1) is 12.8 Å². The van der Waals surface area contributed by atoms with Gasteiger partial charge in [-0.25, -0.2) is 9.97 Å². The fraction of sp³-hybridized carbons (Fsp3) is 0.583. The summed E-state index contributed by atoms with van der Waals surface area (Å²) in [5, 5.41) is 8.90. The lowest BCUT2D eigenvalue weighted by atomic mass is 10.1. The number of hydrogen-bond acceptors (Lipinski definition) is 5. The number of carboxylic acids is 1. The molecular formula is C12H19N3O3. The van der Waals surface area contributed by atoms with E-state index in [0.717, 1.165) is 5.56 Å². The fourth-order valence-corrected chi connectivity index (χ4v) is 1.67. The van der Waals surface area contributed by atoms with Gasteiger partial charge in [0.05, 0.1) is 18.1 Å². The van der Waals surface area contributed by atoms with Gasteiger partial charge >= 0.3 is 5.97 Å². The maximum Gasteiger partial charge on any atom is 0.308 e. The summed E-state index contributed by atoms with van der Waals surface area (Å²) < 4.78 is 5.39. The third-order valence-corrected chi connectivity index (χ3v) is 2.62. The van der Waals surface area contributed by atoms with Crippen molar-refractivity contribution < 1.29 is 14.6 Å². The van der Waals surface area contributed by atoms with Crippen LogP contribution in [0.15, 0.2) is 6.33 Å². The number of aliphatic carboxylic acids is 1. The van der Waals surface area contributed by atoms with Crippen LogP contribution in [0.25, 0.3) is 0 Å².